The van der Waals surface area contributed by atoms with Gasteiger partial charge in [0, 0.05) is 13.1 Å². The Balaban J connectivity index is 2.48. The van der Waals surface area contributed by atoms with Gasteiger partial charge in [0.05, 0.1) is 12.1 Å². The summed E-state index contributed by atoms with van der Waals surface area (Å²) in [7, 11) is 0. The highest BCUT2D eigenvalue weighted by atomic mass is 16.4. The molecule has 1 aliphatic rings. The van der Waals surface area contributed by atoms with Crippen LogP contribution in [0.1, 0.15) is 33.1 Å². The molecule has 1 aliphatic heterocycles. The van der Waals surface area contributed by atoms with E-state index < -0.39 is 23.2 Å². The molecule has 19 heavy (non-hydrogen) atoms. The van der Waals surface area contributed by atoms with Gasteiger partial charge in [0.1, 0.15) is 0 Å². The van der Waals surface area contributed by atoms with Gasteiger partial charge in [0.25, 0.3) is 0 Å². The van der Waals surface area contributed by atoms with Gasteiger partial charge in [-0.2, -0.15) is 0 Å². The minimum absolute atomic E-state index is 0.353. The molecule has 7 nitrogen and oxygen atoms in total. The van der Waals surface area contributed by atoms with E-state index in [9.17, 15) is 19.8 Å². The second kappa shape index (κ2) is 5.75. The molecular formula is C12H22N2O5. The Morgan fingerprint density at radius 3 is 2.58 bits per heavy atom. The topological polar surface area (TPSA) is 110 Å². The summed E-state index contributed by atoms with van der Waals surface area (Å²) in [5.41, 5.74) is -2.74. The van der Waals surface area contributed by atoms with E-state index in [2.05, 4.69) is 5.32 Å². The van der Waals surface area contributed by atoms with Crippen molar-refractivity contribution in [1.29, 1.82) is 0 Å². The summed E-state index contributed by atoms with van der Waals surface area (Å²) in [6.07, 6.45) is 1.80. The van der Waals surface area contributed by atoms with E-state index in [0.717, 1.165) is 6.92 Å². The Morgan fingerprint density at radius 1 is 1.37 bits per heavy atom. The first-order valence-electron chi connectivity index (χ1n) is 6.35. The van der Waals surface area contributed by atoms with Gasteiger partial charge in [-0.15, -0.1) is 0 Å². The van der Waals surface area contributed by atoms with Crippen molar-refractivity contribution in [2.45, 2.75) is 44.3 Å². The van der Waals surface area contributed by atoms with E-state index >= 15 is 0 Å². The fourth-order valence-corrected chi connectivity index (χ4v) is 1.90. The zero-order chi connectivity index (χ0) is 14.7. The maximum Gasteiger partial charge on any atom is 0.337 e. The highest BCUT2D eigenvalue weighted by molar-refractivity contribution is 5.79. The van der Waals surface area contributed by atoms with Crippen molar-refractivity contribution in [3.63, 3.8) is 0 Å². The monoisotopic (exact) mass is 274 g/mol. The highest BCUT2D eigenvalue weighted by Crippen LogP contribution is 2.21. The number of aliphatic hydroxyl groups is 2. The van der Waals surface area contributed by atoms with Gasteiger partial charge in [-0.25, -0.2) is 9.59 Å². The summed E-state index contributed by atoms with van der Waals surface area (Å²) in [6.45, 7) is 3.44. The van der Waals surface area contributed by atoms with E-state index in [1.54, 1.807) is 6.92 Å². The lowest BCUT2D eigenvalue weighted by molar-refractivity contribution is -0.155. The largest absolute Gasteiger partial charge is 0.479 e. The Morgan fingerprint density at radius 2 is 2.00 bits per heavy atom. The van der Waals surface area contributed by atoms with Crippen LogP contribution in [-0.2, 0) is 4.79 Å². The minimum Gasteiger partial charge on any atom is -0.479 e. The summed E-state index contributed by atoms with van der Waals surface area (Å²) in [4.78, 5) is 24.1. The molecule has 110 valence electrons. The number of carboxylic acids is 1. The van der Waals surface area contributed by atoms with Gasteiger partial charge < -0.3 is 25.5 Å². The molecular weight excluding hydrogens is 252 g/mol. The second-order valence-electron chi connectivity index (χ2n) is 5.58. The van der Waals surface area contributed by atoms with Gasteiger partial charge in [0.15, 0.2) is 5.60 Å². The molecule has 7 heteroatoms. The van der Waals surface area contributed by atoms with Crippen LogP contribution in [0, 0.1) is 0 Å². The number of aliphatic carboxylic acids is 1. The third kappa shape index (κ3) is 4.68. The molecule has 1 fully saturated rings. The molecule has 1 heterocycles. The number of nitrogens with one attached hydrogen (secondary N) is 1. The Kier molecular flexibility index (Phi) is 4.75. The lowest BCUT2D eigenvalue weighted by Crippen LogP contribution is -2.50. The number of carbonyl (C=O) groups is 2. The van der Waals surface area contributed by atoms with Gasteiger partial charge in [-0.05, 0) is 33.1 Å². The summed E-state index contributed by atoms with van der Waals surface area (Å²) in [5, 5.41) is 30.5. The lowest BCUT2D eigenvalue weighted by Gasteiger charge is -2.25. The fourth-order valence-electron chi connectivity index (χ4n) is 1.90. The zero-order valence-corrected chi connectivity index (χ0v) is 11.3. The van der Waals surface area contributed by atoms with Crippen molar-refractivity contribution in [2.75, 3.05) is 19.6 Å². The van der Waals surface area contributed by atoms with Crippen molar-refractivity contribution >= 4 is 12.0 Å². The quantitative estimate of drug-likeness (QED) is 0.568. The van der Waals surface area contributed by atoms with E-state index in [0.29, 0.717) is 32.4 Å². The predicted molar refractivity (Wildman–Crippen MR) is 67.7 cm³/mol. The van der Waals surface area contributed by atoms with Gasteiger partial charge in [-0.3, -0.25) is 0 Å². The van der Waals surface area contributed by atoms with Crippen LogP contribution in [0.2, 0.25) is 0 Å². The van der Waals surface area contributed by atoms with Gasteiger partial charge in [0.2, 0.25) is 0 Å². The maximum absolute atomic E-state index is 11.9. The second-order valence-corrected chi connectivity index (χ2v) is 5.58. The van der Waals surface area contributed by atoms with Crippen LogP contribution in [0.25, 0.3) is 0 Å². The van der Waals surface area contributed by atoms with E-state index in [1.807, 2.05) is 0 Å². The van der Waals surface area contributed by atoms with Crippen molar-refractivity contribution in [2.24, 2.45) is 0 Å². The first kappa shape index (κ1) is 15.7. The number of hydrogen-bond acceptors (Lipinski definition) is 4. The van der Waals surface area contributed by atoms with Crippen LogP contribution >= 0.6 is 0 Å². The molecule has 2 atom stereocenters. The van der Waals surface area contributed by atoms with Crippen LogP contribution in [-0.4, -0.2) is 63.1 Å². The molecule has 0 aromatic carbocycles. The first-order valence-corrected chi connectivity index (χ1v) is 6.35. The first-order chi connectivity index (χ1) is 8.64. The van der Waals surface area contributed by atoms with Crippen LogP contribution in [0.3, 0.4) is 0 Å². The molecule has 1 rings (SSSR count). The van der Waals surface area contributed by atoms with Crippen LogP contribution in [0.15, 0.2) is 0 Å². The van der Waals surface area contributed by atoms with Crippen molar-refractivity contribution in [3.05, 3.63) is 0 Å². The smallest absolute Gasteiger partial charge is 0.337 e. The number of likely N-dealkylation sites (tertiary alicyclic amines) is 1. The number of urea groups is 1. The Hall–Kier alpha value is -1.34. The van der Waals surface area contributed by atoms with Crippen molar-refractivity contribution in [1.82, 2.24) is 10.2 Å². The standard InChI is InChI=1S/C12H22N2O5/c1-11(18)4-3-6-14(7-5-11)10(17)13-8-12(2,19)9(15)16/h18-19H,3-8H2,1-2H3,(H,13,17)(H,15,16). The summed E-state index contributed by atoms with van der Waals surface area (Å²) in [6, 6.07) is -0.417. The Labute approximate surface area is 112 Å². The predicted octanol–water partition coefficient (Wildman–Crippen LogP) is -0.231. The highest BCUT2D eigenvalue weighted by Gasteiger charge is 2.32. The molecule has 1 saturated heterocycles. The molecule has 4 N–H and O–H groups in total. The molecule has 2 amide bonds. The molecule has 0 spiro atoms. The minimum atomic E-state index is -1.98. The third-order valence-electron chi connectivity index (χ3n) is 3.40. The van der Waals surface area contributed by atoms with Crippen LogP contribution in [0.4, 0.5) is 4.79 Å². The molecule has 0 aromatic heterocycles. The average Bonchev–Trinajstić information content (AvgIpc) is 2.47. The van der Waals surface area contributed by atoms with Gasteiger partial charge >= 0.3 is 12.0 Å². The van der Waals surface area contributed by atoms with Crippen molar-refractivity contribution < 1.29 is 24.9 Å². The number of rotatable bonds is 3. The third-order valence-corrected chi connectivity index (χ3v) is 3.40. The van der Waals surface area contributed by atoms with Crippen molar-refractivity contribution in [3.8, 4) is 0 Å². The number of hydrogen-bond donors (Lipinski definition) is 4. The van der Waals surface area contributed by atoms with Crippen LogP contribution < -0.4 is 5.32 Å². The summed E-state index contributed by atoms with van der Waals surface area (Å²) in [5.74, 6) is -1.38. The molecule has 2 unspecified atom stereocenters. The van der Waals surface area contributed by atoms with E-state index in [-0.39, 0.29) is 6.54 Å². The molecule has 0 radical (unpaired) electrons. The number of carboxylic acid groups (broad SMARTS) is 1. The number of carbonyl (C=O) groups excluding carboxylic acids is 1. The zero-order valence-electron chi connectivity index (χ0n) is 11.3. The number of amides is 2. The maximum atomic E-state index is 11.9. The van der Waals surface area contributed by atoms with Crippen LogP contribution in [0.5, 0.6) is 0 Å². The van der Waals surface area contributed by atoms with E-state index in [1.165, 1.54) is 4.90 Å². The normalized spacial score (nSPS) is 27.3. The average molecular weight is 274 g/mol. The molecule has 0 aromatic rings. The van der Waals surface area contributed by atoms with Gasteiger partial charge in [-0.1, -0.05) is 0 Å². The summed E-state index contributed by atoms with van der Waals surface area (Å²) < 4.78 is 0. The molecule has 0 saturated carbocycles. The Bertz CT molecular complexity index is 354. The van der Waals surface area contributed by atoms with E-state index in [4.69, 9.17) is 5.11 Å². The summed E-state index contributed by atoms with van der Waals surface area (Å²) >= 11 is 0. The number of nitrogens with zero attached hydrogens (tertiary/aromatic N) is 1. The molecule has 0 bridgehead atoms. The molecule has 0 aliphatic carbocycles. The SMILES string of the molecule is CC1(O)CCCN(C(=O)NCC(C)(O)C(=O)O)CC1. The fraction of sp³-hybridized carbons (Fsp3) is 0.833. The lowest BCUT2D eigenvalue weighted by atomic mass is 9.98.